The predicted octanol–water partition coefficient (Wildman–Crippen LogP) is 2.07. The molecule has 0 bridgehead atoms. The van der Waals surface area contributed by atoms with Crippen LogP contribution in [0.2, 0.25) is 0 Å². The van der Waals surface area contributed by atoms with Gasteiger partial charge in [0.15, 0.2) is 6.61 Å². The molecule has 1 aliphatic rings. The van der Waals surface area contributed by atoms with Crippen molar-refractivity contribution < 1.29 is 23.9 Å². The van der Waals surface area contributed by atoms with Crippen molar-refractivity contribution in [3.63, 3.8) is 0 Å². The van der Waals surface area contributed by atoms with E-state index in [2.05, 4.69) is 21.2 Å². The Bertz CT molecular complexity index is 1030. The highest BCUT2D eigenvalue weighted by atomic mass is 16.5. The van der Waals surface area contributed by atoms with Crippen LogP contribution in [-0.4, -0.2) is 49.8 Å². The number of carbonyl (C=O) groups is 3. The second-order valence-electron chi connectivity index (χ2n) is 7.75. The molecule has 33 heavy (non-hydrogen) atoms. The van der Waals surface area contributed by atoms with Gasteiger partial charge in [-0.15, -0.1) is 0 Å². The quantitative estimate of drug-likeness (QED) is 0.322. The predicted molar refractivity (Wildman–Crippen MR) is 124 cm³/mol. The average molecular weight is 453 g/mol. The van der Waals surface area contributed by atoms with Crippen LogP contribution < -0.4 is 20.8 Å². The third kappa shape index (κ3) is 7.73. The third-order valence-electron chi connectivity index (χ3n) is 5.12. The van der Waals surface area contributed by atoms with Gasteiger partial charge in [0.2, 0.25) is 0 Å². The summed E-state index contributed by atoms with van der Waals surface area (Å²) in [6.07, 6.45) is 3.16. The van der Waals surface area contributed by atoms with Crippen molar-refractivity contribution in [2.45, 2.75) is 32.8 Å². The van der Waals surface area contributed by atoms with Crippen LogP contribution in [0.4, 0.5) is 5.69 Å². The first-order valence-corrected chi connectivity index (χ1v) is 10.7. The molecule has 3 rings (SSSR count). The van der Waals surface area contributed by atoms with Gasteiger partial charge in [-0.2, -0.15) is 5.10 Å². The Morgan fingerprint density at radius 3 is 2.73 bits per heavy atom. The van der Waals surface area contributed by atoms with E-state index < -0.39 is 11.8 Å². The Morgan fingerprint density at radius 2 is 1.97 bits per heavy atom. The van der Waals surface area contributed by atoms with Crippen molar-refractivity contribution in [1.29, 1.82) is 0 Å². The number of ether oxygens (including phenoxy) is 2. The van der Waals surface area contributed by atoms with Crippen LogP contribution in [0.25, 0.3) is 0 Å². The molecule has 1 heterocycles. The summed E-state index contributed by atoms with van der Waals surface area (Å²) < 4.78 is 10.9. The van der Waals surface area contributed by atoms with E-state index in [1.807, 2.05) is 32.0 Å². The van der Waals surface area contributed by atoms with Gasteiger partial charge in [0, 0.05) is 18.8 Å². The zero-order valence-electron chi connectivity index (χ0n) is 18.7. The van der Waals surface area contributed by atoms with E-state index in [9.17, 15) is 14.4 Å². The van der Waals surface area contributed by atoms with Gasteiger partial charge in [-0.3, -0.25) is 14.4 Å². The van der Waals surface area contributed by atoms with Crippen LogP contribution in [0, 0.1) is 13.8 Å². The monoisotopic (exact) mass is 452 g/mol. The van der Waals surface area contributed by atoms with Crippen LogP contribution in [0.5, 0.6) is 5.75 Å². The molecule has 0 saturated carbocycles. The zero-order chi connectivity index (χ0) is 23.6. The van der Waals surface area contributed by atoms with E-state index >= 15 is 0 Å². The van der Waals surface area contributed by atoms with Crippen LogP contribution in [0.1, 0.15) is 29.5 Å². The highest BCUT2D eigenvalue weighted by Crippen LogP contribution is 2.15. The molecular weight excluding hydrogens is 424 g/mol. The number of carbonyl (C=O) groups excluding carboxylic acids is 3. The van der Waals surface area contributed by atoms with Crippen LogP contribution in [0.15, 0.2) is 47.6 Å². The molecule has 0 spiro atoms. The smallest absolute Gasteiger partial charge is 0.329 e. The number of nitrogens with one attached hydrogen (secondary N) is 3. The molecule has 3 amide bonds. The summed E-state index contributed by atoms with van der Waals surface area (Å²) >= 11 is 0. The summed E-state index contributed by atoms with van der Waals surface area (Å²) in [7, 11) is 0. The Kier molecular flexibility index (Phi) is 8.54. The van der Waals surface area contributed by atoms with E-state index in [4.69, 9.17) is 9.47 Å². The Labute approximate surface area is 192 Å². The normalized spacial score (nSPS) is 15.3. The number of hydrazone groups is 1. The summed E-state index contributed by atoms with van der Waals surface area (Å²) in [6.45, 7) is 4.81. The summed E-state index contributed by atoms with van der Waals surface area (Å²) in [5.41, 5.74) is 5.76. The van der Waals surface area contributed by atoms with Gasteiger partial charge in [0.25, 0.3) is 5.91 Å². The fourth-order valence-electron chi connectivity index (χ4n) is 3.16. The standard InChI is InChI=1S/C24H28N4O5/c1-16-8-9-19(11-17(16)2)27-22(29)15-33-20-6-3-5-18(12-20)13-26-28-24(31)23(30)25-14-21-7-4-10-32-21/h3,5-6,8-9,11-13,21H,4,7,10,14-15H2,1-2H3,(H,25,30)(H,27,29)(H,28,31)/b26-13-/t21-/m0/s1. The third-order valence-corrected chi connectivity index (χ3v) is 5.12. The minimum absolute atomic E-state index is 0.0453. The molecule has 9 nitrogen and oxygen atoms in total. The lowest BCUT2D eigenvalue weighted by molar-refractivity contribution is -0.139. The molecule has 9 heteroatoms. The molecule has 1 saturated heterocycles. The maximum atomic E-state index is 12.2. The molecule has 174 valence electrons. The Balaban J connectivity index is 1.43. The SMILES string of the molecule is Cc1ccc(NC(=O)COc2cccc(/C=N\NC(=O)C(=O)NC[C@@H]3CCCO3)c2)cc1C. The number of nitrogens with zero attached hydrogens (tertiary/aromatic N) is 1. The maximum absolute atomic E-state index is 12.2. The van der Waals surface area contributed by atoms with E-state index in [-0.39, 0.29) is 18.6 Å². The lowest BCUT2D eigenvalue weighted by Crippen LogP contribution is -2.41. The molecule has 0 aromatic heterocycles. The molecular formula is C24H28N4O5. The topological polar surface area (TPSA) is 118 Å². The maximum Gasteiger partial charge on any atom is 0.329 e. The highest BCUT2D eigenvalue weighted by Gasteiger charge is 2.18. The van der Waals surface area contributed by atoms with Crippen molar-refractivity contribution >= 4 is 29.6 Å². The van der Waals surface area contributed by atoms with Crippen LogP contribution in [-0.2, 0) is 19.1 Å². The fraction of sp³-hybridized carbons (Fsp3) is 0.333. The van der Waals surface area contributed by atoms with Gasteiger partial charge in [-0.1, -0.05) is 18.2 Å². The van der Waals surface area contributed by atoms with Gasteiger partial charge in [-0.25, -0.2) is 5.43 Å². The van der Waals surface area contributed by atoms with E-state index in [0.29, 0.717) is 30.2 Å². The zero-order valence-corrected chi connectivity index (χ0v) is 18.7. The first kappa shape index (κ1) is 23.9. The summed E-state index contributed by atoms with van der Waals surface area (Å²) in [5.74, 6) is -1.44. The molecule has 0 unspecified atom stereocenters. The number of aryl methyl sites for hydroxylation is 2. The Morgan fingerprint density at radius 1 is 1.12 bits per heavy atom. The largest absolute Gasteiger partial charge is 0.484 e. The molecule has 2 aromatic rings. The molecule has 3 N–H and O–H groups in total. The first-order chi connectivity index (χ1) is 15.9. The fourth-order valence-corrected chi connectivity index (χ4v) is 3.16. The van der Waals surface area contributed by atoms with Crippen molar-refractivity contribution in [2.24, 2.45) is 5.10 Å². The summed E-state index contributed by atoms with van der Waals surface area (Å²) in [6, 6.07) is 12.5. The number of benzene rings is 2. The lowest BCUT2D eigenvalue weighted by atomic mass is 10.1. The van der Waals surface area contributed by atoms with Crippen molar-refractivity contribution in [3.8, 4) is 5.75 Å². The number of hydrogen-bond acceptors (Lipinski definition) is 6. The van der Waals surface area contributed by atoms with E-state index in [1.54, 1.807) is 24.3 Å². The molecule has 1 aliphatic heterocycles. The van der Waals surface area contributed by atoms with Crippen LogP contribution in [0.3, 0.4) is 0 Å². The minimum Gasteiger partial charge on any atom is -0.484 e. The van der Waals surface area contributed by atoms with E-state index in [0.717, 1.165) is 24.0 Å². The van der Waals surface area contributed by atoms with Crippen molar-refractivity contribution in [2.75, 3.05) is 25.1 Å². The lowest BCUT2D eigenvalue weighted by Gasteiger charge is -2.10. The van der Waals surface area contributed by atoms with Crippen molar-refractivity contribution in [3.05, 3.63) is 59.2 Å². The van der Waals surface area contributed by atoms with Gasteiger partial charge >= 0.3 is 11.8 Å². The number of rotatable bonds is 8. The first-order valence-electron chi connectivity index (χ1n) is 10.7. The Hall–Kier alpha value is -3.72. The molecule has 1 atom stereocenters. The average Bonchev–Trinajstić information content (AvgIpc) is 3.32. The number of anilines is 1. The van der Waals surface area contributed by atoms with Gasteiger partial charge in [0.1, 0.15) is 5.75 Å². The van der Waals surface area contributed by atoms with E-state index in [1.165, 1.54) is 6.21 Å². The number of hydrogen-bond donors (Lipinski definition) is 3. The molecule has 0 aliphatic carbocycles. The summed E-state index contributed by atoms with van der Waals surface area (Å²) in [4.78, 5) is 35.8. The highest BCUT2D eigenvalue weighted by molar-refractivity contribution is 6.35. The molecule has 2 aromatic carbocycles. The van der Waals surface area contributed by atoms with Gasteiger partial charge < -0.3 is 20.1 Å². The minimum atomic E-state index is -0.861. The van der Waals surface area contributed by atoms with Crippen LogP contribution >= 0.6 is 0 Å². The second kappa shape index (κ2) is 11.8. The molecule has 1 fully saturated rings. The summed E-state index contributed by atoms with van der Waals surface area (Å²) in [5, 5.41) is 9.12. The molecule has 0 radical (unpaired) electrons. The second-order valence-corrected chi connectivity index (χ2v) is 7.75. The number of amides is 3. The van der Waals surface area contributed by atoms with Gasteiger partial charge in [-0.05, 0) is 67.6 Å². The van der Waals surface area contributed by atoms with Crippen molar-refractivity contribution in [1.82, 2.24) is 10.7 Å². The van der Waals surface area contributed by atoms with Gasteiger partial charge in [0.05, 0.1) is 12.3 Å².